The van der Waals surface area contributed by atoms with Gasteiger partial charge in [-0.2, -0.15) is 13.2 Å². The average molecular weight is 197 g/mol. The molecular weight excluding hydrogens is 183 g/mol. The fourth-order valence-corrected chi connectivity index (χ4v) is 1.42. The van der Waals surface area contributed by atoms with Crippen LogP contribution in [-0.2, 0) is 4.74 Å². The maximum atomic E-state index is 12.2. The molecule has 0 aromatic carbocycles. The molecule has 0 radical (unpaired) electrons. The fraction of sp³-hybridized carbons (Fsp3) is 1.00. The van der Waals surface area contributed by atoms with E-state index in [-0.39, 0.29) is 13.2 Å². The highest BCUT2D eigenvalue weighted by atomic mass is 19.4. The normalized spacial score (nSPS) is 26.3. The Balaban J connectivity index is 2.42. The molecule has 5 heteroatoms. The van der Waals surface area contributed by atoms with E-state index in [0.29, 0.717) is 6.54 Å². The summed E-state index contributed by atoms with van der Waals surface area (Å²) >= 11 is 0. The standard InChI is InChI=1S/C8H14F3NO/c1-2-3-12-4-5-13-7(6-12)8(9,10)11/h7H,2-6H2,1H3/t7-/m1/s1. The van der Waals surface area contributed by atoms with Crippen molar-refractivity contribution in [1.29, 1.82) is 0 Å². The second kappa shape index (κ2) is 4.28. The van der Waals surface area contributed by atoms with Crippen molar-refractivity contribution in [3.63, 3.8) is 0 Å². The lowest BCUT2D eigenvalue weighted by atomic mass is 10.2. The summed E-state index contributed by atoms with van der Waals surface area (Å²) in [6, 6.07) is 0. The third-order valence-electron chi connectivity index (χ3n) is 2.06. The third kappa shape index (κ3) is 3.15. The van der Waals surface area contributed by atoms with Crippen LogP contribution in [-0.4, -0.2) is 43.4 Å². The predicted molar refractivity (Wildman–Crippen MR) is 42.5 cm³/mol. The van der Waals surface area contributed by atoms with E-state index in [1.165, 1.54) is 0 Å². The maximum Gasteiger partial charge on any atom is 0.415 e. The van der Waals surface area contributed by atoms with E-state index in [4.69, 9.17) is 0 Å². The third-order valence-corrected chi connectivity index (χ3v) is 2.06. The monoisotopic (exact) mass is 197 g/mol. The number of nitrogens with zero attached hydrogens (tertiary/aromatic N) is 1. The molecule has 78 valence electrons. The molecule has 0 unspecified atom stereocenters. The minimum atomic E-state index is -4.22. The average Bonchev–Trinajstić information content (AvgIpc) is 2.04. The maximum absolute atomic E-state index is 12.2. The van der Waals surface area contributed by atoms with Gasteiger partial charge in [-0.15, -0.1) is 0 Å². The lowest BCUT2D eigenvalue weighted by molar-refractivity contribution is -0.237. The van der Waals surface area contributed by atoms with E-state index in [1.807, 2.05) is 6.92 Å². The molecular formula is C8H14F3NO. The molecule has 0 bridgehead atoms. The van der Waals surface area contributed by atoms with Gasteiger partial charge in [-0.3, -0.25) is 4.90 Å². The highest BCUT2D eigenvalue weighted by molar-refractivity contribution is 4.76. The summed E-state index contributed by atoms with van der Waals surface area (Å²) < 4.78 is 41.3. The highest BCUT2D eigenvalue weighted by Crippen LogP contribution is 2.25. The first-order chi connectivity index (χ1) is 6.04. The van der Waals surface area contributed by atoms with Gasteiger partial charge in [0, 0.05) is 13.1 Å². The molecule has 1 fully saturated rings. The summed E-state index contributed by atoms with van der Waals surface area (Å²) in [5.74, 6) is 0. The number of ether oxygens (including phenoxy) is 1. The molecule has 0 aromatic rings. The fourth-order valence-electron chi connectivity index (χ4n) is 1.42. The van der Waals surface area contributed by atoms with Crippen molar-refractivity contribution < 1.29 is 17.9 Å². The summed E-state index contributed by atoms with van der Waals surface area (Å²) in [5.41, 5.74) is 0. The number of rotatable bonds is 2. The van der Waals surface area contributed by atoms with E-state index in [0.717, 1.165) is 13.0 Å². The molecule has 2 nitrogen and oxygen atoms in total. The Hall–Kier alpha value is -0.290. The van der Waals surface area contributed by atoms with Crippen molar-refractivity contribution in [3.05, 3.63) is 0 Å². The Labute approximate surface area is 75.7 Å². The van der Waals surface area contributed by atoms with Crippen LogP contribution in [0.1, 0.15) is 13.3 Å². The molecule has 0 aliphatic carbocycles. The topological polar surface area (TPSA) is 12.5 Å². The Kier molecular flexibility index (Phi) is 3.55. The summed E-state index contributed by atoms with van der Waals surface area (Å²) in [6.07, 6.45) is -4.93. The van der Waals surface area contributed by atoms with Gasteiger partial charge in [0.15, 0.2) is 6.10 Å². The predicted octanol–water partition coefficient (Wildman–Crippen LogP) is 1.66. The smallest absolute Gasteiger partial charge is 0.366 e. The van der Waals surface area contributed by atoms with E-state index in [1.54, 1.807) is 4.90 Å². The van der Waals surface area contributed by atoms with Crippen molar-refractivity contribution in [2.45, 2.75) is 25.6 Å². The zero-order chi connectivity index (χ0) is 9.90. The minimum Gasteiger partial charge on any atom is -0.366 e. The second-order valence-electron chi connectivity index (χ2n) is 3.20. The zero-order valence-electron chi connectivity index (χ0n) is 7.60. The highest BCUT2D eigenvalue weighted by Gasteiger charge is 2.43. The lowest BCUT2D eigenvalue weighted by Crippen LogP contribution is -2.49. The van der Waals surface area contributed by atoms with Gasteiger partial charge >= 0.3 is 6.18 Å². The van der Waals surface area contributed by atoms with Gasteiger partial charge < -0.3 is 4.74 Å². The van der Waals surface area contributed by atoms with Crippen LogP contribution in [0.5, 0.6) is 0 Å². The van der Waals surface area contributed by atoms with Crippen LogP contribution >= 0.6 is 0 Å². The molecule has 13 heavy (non-hydrogen) atoms. The summed E-state index contributed by atoms with van der Waals surface area (Å²) in [4.78, 5) is 1.79. The molecule has 0 aromatic heterocycles. The summed E-state index contributed by atoms with van der Waals surface area (Å²) in [5, 5.41) is 0. The van der Waals surface area contributed by atoms with Gasteiger partial charge in [-0.25, -0.2) is 0 Å². The van der Waals surface area contributed by atoms with E-state index >= 15 is 0 Å². The van der Waals surface area contributed by atoms with Crippen LogP contribution in [0, 0.1) is 0 Å². The molecule has 1 aliphatic heterocycles. The SMILES string of the molecule is CCCN1CCO[C@@H](C(F)(F)F)C1. The van der Waals surface area contributed by atoms with Crippen molar-refractivity contribution in [3.8, 4) is 0 Å². The largest absolute Gasteiger partial charge is 0.415 e. The minimum absolute atomic E-state index is 0.0165. The molecule has 0 saturated carbocycles. The first kappa shape index (κ1) is 10.8. The van der Waals surface area contributed by atoms with Gasteiger partial charge in [-0.1, -0.05) is 6.92 Å². The Morgan fingerprint density at radius 1 is 1.46 bits per heavy atom. The molecule has 0 amide bonds. The number of morpholine rings is 1. The molecule has 1 heterocycles. The van der Waals surface area contributed by atoms with Gasteiger partial charge in [-0.05, 0) is 13.0 Å². The van der Waals surface area contributed by atoms with Crippen LogP contribution in [0.4, 0.5) is 13.2 Å². The molecule has 0 spiro atoms. The summed E-state index contributed by atoms with van der Waals surface area (Å²) in [7, 11) is 0. The van der Waals surface area contributed by atoms with Gasteiger partial charge in [0.05, 0.1) is 6.61 Å². The number of halogens is 3. The Bertz CT molecular complexity index is 158. The number of hydrogen-bond donors (Lipinski definition) is 0. The van der Waals surface area contributed by atoms with E-state index < -0.39 is 12.3 Å². The van der Waals surface area contributed by atoms with Crippen molar-refractivity contribution in [2.75, 3.05) is 26.2 Å². The van der Waals surface area contributed by atoms with Gasteiger partial charge in [0.1, 0.15) is 0 Å². The van der Waals surface area contributed by atoms with Crippen LogP contribution in [0.3, 0.4) is 0 Å². The van der Waals surface area contributed by atoms with Crippen LogP contribution < -0.4 is 0 Å². The Morgan fingerprint density at radius 2 is 2.15 bits per heavy atom. The van der Waals surface area contributed by atoms with Crippen molar-refractivity contribution >= 4 is 0 Å². The van der Waals surface area contributed by atoms with Gasteiger partial charge in [0.2, 0.25) is 0 Å². The zero-order valence-corrected chi connectivity index (χ0v) is 7.60. The quantitative estimate of drug-likeness (QED) is 0.667. The summed E-state index contributed by atoms with van der Waals surface area (Å²) in [6.45, 7) is 3.45. The number of alkyl halides is 3. The second-order valence-corrected chi connectivity index (χ2v) is 3.20. The Morgan fingerprint density at radius 3 is 2.69 bits per heavy atom. The van der Waals surface area contributed by atoms with Crippen LogP contribution in [0.25, 0.3) is 0 Å². The van der Waals surface area contributed by atoms with Crippen molar-refractivity contribution in [2.24, 2.45) is 0 Å². The molecule has 1 rings (SSSR count). The molecule has 1 saturated heterocycles. The van der Waals surface area contributed by atoms with Crippen LogP contribution in [0.15, 0.2) is 0 Å². The number of hydrogen-bond acceptors (Lipinski definition) is 2. The van der Waals surface area contributed by atoms with Gasteiger partial charge in [0.25, 0.3) is 0 Å². The molecule has 0 N–H and O–H groups in total. The molecule has 1 atom stereocenters. The van der Waals surface area contributed by atoms with Crippen molar-refractivity contribution in [1.82, 2.24) is 4.90 Å². The van der Waals surface area contributed by atoms with E-state index in [9.17, 15) is 13.2 Å². The molecule has 1 aliphatic rings. The lowest BCUT2D eigenvalue weighted by Gasteiger charge is -2.33. The van der Waals surface area contributed by atoms with Crippen LogP contribution in [0.2, 0.25) is 0 Å². The van der Waals surface area contributed by atoms with E-state index in [2.05, 4.69) is 4.74 Å². The first-order valence-corrected chi connectivity index (χ1v) is 4.44. The first-order valence-electron chi connectivity index (χ1n) is 4.44.